The van der Waals surface area contributed by atoms with Crippen LogP contribution in [0.15, 0.2) is 192 Å². The average molecular weight is 714 g/mol. The van der Waals surface area contributed by atoms with Crippen LogP contribution in [0.25, 0.3) is 116 Å². The molecule has 12 rings (SSSR count). The van der Waals surface area contributed by atoms with E-state index in [0.29, 0.717) is 5.71 Å². The Kier molecular flexibility index (Phi) is 6.60. The maximum Gasteiger partial charge on any atom is 0.246 e. The molecule has 0 bridgehead atoms. The molecule has 0 unspecified atom stereocenters. The third-order valence-electron chi connectivity index (χ3n) is 11.4. The monoisotopic (exact) mass is 713 g/mol. The molecule has 0 aliphatic heterocycles. The van der Waals surface area contributed by atoms with E-state index >= 15 is 0 Å². The Labute approximate surface area is 321 Å². The summed E-state index contributed by atoms with van der Waals surface area (Å²) in [6, 6.07) is 66.9. The standard InChI is InChI=1S/C52H31N3O/c1-3-12-32(13-4-1)35-22-25-41-43(29-35)44-30-36(33-14-5-2-6-15-33)23-26-42(44)50-49(41)53-51-45-31-37(24-27-48(45)56-52(51)54-50)34-16-11-17-38(28-34)55-46-20-9-7-18-39(46)40-19-8-10-21-47(40)55/h1-31H. The summed E-state index contributed by atoms with van der Waals surface area (Å²) in [5.41, 5.74) is 14.2. The molecule has 0 aliphatic carbocycles. The summed E-state index contributed by atoms with van der Waals surface area (Å²) in [6.45, 7) is 0. The molecular formula is C52H31N3O. The smallest absolute Gasteiger partial charge is 0.246 e. The Bertz CT molecular complexity index is 3470. The minimum Gasteiger partial charge on any atom is -0.436 e. The van der Waals surface area contributed by atoms with Crippen molar-refractivity contribution in [3.05, 3.63) is 188 Å². The maximum absolute atomic E-state index is 6.48. The van der Waals surface area contributed by atoms with E-state index < -0.39 is 0 Å². The van der Waals surface area contributed by atoms with Gasteiger partial charge in [0.1, 0.15) is 16.6 Å². The number of para-hydroxylation sites is 2. The van der Waals surface area contributed by atoms with E-state index in [1.165, 1.54) is 38.5 Å². The lowest BCUT2D eigenvalue weighted by Gasteiger charge is -2.13. The lowest BCUT2D eigenvalue weighted by molar-refractivity contribution is 0.655. The van der Waals surface area contributed by atoms with Gasteiger partial charge in [-0.3, -0.25) is 0 Å². The number of nitrogens with zero attached hydrogens (tertiary/aromatic N) is 3. The number of benzene rings is 9. The first-order chi connectivity index (χ1) is 27.7. The van der Waals surface area contributed by atoms with Crippen molar-refractivity contribution in [2.45, 2.75) is 0 Å². The van der Waals surface area contributed by atoms with E-state index in [4.69, 9.17) is 14.4 Å². The summed E-state index contributed by atoms with van der Waals surface area (Å²) < 4.78 is 8.84. The van der Waals surface area contributed by atoms with Gasteiger partial charge in [0.2, 0.25) is 5.71 Å². The number of hydrogen-bond donors (Lipinski definition) is 0. The summed E-state index contributed by atoms with van der Waals surface area (Å²) in [4.78, 5) is 10.7. The van der Waals surface area contributed by atoms with Crippen LogP contribution in [0.3, 0.4) is 0 Å². The van der Waals surface area contributed by atoms with Crippen molar-refractivity contribution in [1.29, 1.82) is 0 Å². The fourth-order valence-electron chi connectivity index (χ4n) is 8.72. The van der Waals surface area contributed by atoms with Crippen molar-refractivity contribution in [3.8, 4) is 39.1 Å². The molecule has 56 heavy (non-hydrogen) atoms. The van der Waals surface area contributed by atoms with Gasteiger partial charge in [-0.25, -0.2) is 9.97 Å². The average Bonchev–Trinajstić information content (AvgIpc) is 3.81. The van der Waals surface area contributed by atoms with Gasteiger partial charge in [0.15, 0.2) is 0 Å². The quantitative estimate of drug-likeness (QED) is 0.171. The Morgan fingerprint density at radius 2 is 0.821 bits per heavy atom. The molecule has 9 aromatic carbocycles. The molecule has 0 fully saturated rings. The van der Waals surface area contributed by atoms with E-state index in [1.807, 2.05) is 0 Å². The van der Waals surface area contributed by atoms with Crippen LogP contribution >= 0.6 is 0 Å². The van der Waals surface area contributed by atoms with Crippen molar-refractivity contribution < 1.29 is 4.42 Å². The summed E-state index contributed by atoms with van der Waals surface area (Å²) in [5, 5.41) is 7.85. The molecule has 4 heteroatoms. The topological polar surface area (TPSA) is 43.9 Å². The van der Waals surface area contributed by atoms with Crippen LogP contribution in [-0.2, 0) is 0 Å². The molecule has 4 nitrogen and oxygen atoms in total. The zero-order valence-electron chi connectivity index (χ0n) is 30.1. The van der Waals surface area contributed by atoms with Gasteiger partial charge in [-0.2, -0.15) is 0 Å². The summed E-state index contributed by atoms with van der Waals surface area (Å²) >= 11 is 0. The normalized spacial score (nSPS) is 11.9. The molecule has 0 atom stereocenters. The number of aromatic nitrogens is 3. The zero-order chi connectivity index (χ0) is 36.7. The molecule has 0 spiro atoms. The Morgan fingerprint density at radius 1 is 0.321 bits per heavy atom. The van der Waals surface area contributed by atoms with Gasteiger partial charge in [0.25, 0.3) is 0 Å². The predicted octanol–water partition coefficient (Wildman–Crippen LogP) is 13.9. The third kappa shape index (κ3) is 4.66. The predicted molar refractivity (Wildman–Crippen MR) is 232 cm³/mol. The van der Waals surface area contributed by atoms with Gasteiger partial charge in [-0.1, -0.05) is 140 Å². The molecule has 0 saturated carbocycles. The number of fused-ring (bicyclic) bond motifs is 12. The highest BCUT2D eigenvalue weighted by Gasteiger charge is 2.19. The molecule has 12 aromatic rings. The summed E-state index contributed by atoms with van der Waals surface area (Å²) in [5.74, 6) is 0. The van der Waals surface area contributed by atoms with E-state index in [1.54, 1.807) is 0 Å². The van der Waals surface area contributed by atoms with E-state index in [0.717, 1.165) is 71.4 Å². The van der Waals surface area contributed by atoms with Crippen molar-refractivity contribution >= 4 is 76.6 Å². The van der Waals surface area contributed by atoms with Crippen molar-refractivity contribution in [3.63, 3.8) is 0 Å². The lowest BCUT2D eigenvalue weighted by Crippen LogP contribution is -1.94. The molecule has 3 aromatic heterocycles. The maximum atomic E-state index is 6.48. The van der Waals surface area contributed by atoms with Crippen molar-refractivity contribution in [1.82, 2.24) is 14.5 Å². The Morgan fingerprint density at radius 3 is 1.46 bits per heavy atom. The van der Waals surface area contributed by atoms with Gasteiger partial charge in [0.05, 0.1) is 16.6 Å². The van der Waals surface area contributed by atoms with Crippen LogP contribution in [0.2, 0.25) is 0 Å². The van der Waals surface area contributed by atoms with E-state index in [-0.39, 0.29) is 0 Å². The second kappa shape index (κ2) is 12.0. The molecule has 0 aliphatic rings. The van der Waals surface area contributed by atoms with Gasteiger partial charge < -0.3 is 8.98 Å². The first-order valence-electron chi connectivity index (χ1n) is 19.0. The van der Waals surface area contributed by atoms with Gasteiger partial charge >= 0.3 is 0 Å². The third-order valence-corrected chi connectivity index (χ3v) is 11.4. The molecule has 0 saturated heterocycles. The molecule has 0 N–H and O–H groups in total. The van der Waals surface area contributed by atoms with Crippen LogP contribution in [-0.4, -0.2) is 14.5 Å². The van der Waals surface area contributed by atoms with E-state index in [9.17, 15) is 0 Å². The molecule has 3 heterocycles. The van der Waals surface area contributed by atoms with Crippen molar-refractivity contribution in [2.75, 3.05) is 0 Å². The fourth-order valence-corrected chi connectivity index (χ4v) is 8.72. The highest BCUT2D eigenvalue weighted by Crippen LogP contribution is 2.41. The SMILES string of the molecule is c1ccc(-c2ccc3c(c2)c2cc(-c4ccccc4)ccc2c2nc4c(nc32)oc2ccc(-c3cccc(-n5c6ccccc6c6ccccc65)c3)cc24)cc1. The van der Waals surface area contributed by atoms with Crippen molar-refractivity contribution in [2.24, 2.45) is 0 Å². The first kappa shape index (κ1) is 30.9. The van der Waals surface area contributed by atoms with Crippen LogP contribution in [0.1, 0.15) is 0 Å². The zero-order valence-corrected chi connectivity index (χ0v) is 30.1. The molecule has 0 amide bonds. The number of hydrogen-bond acceptors (Lipinski definition) is 3. The number of furan rings is 1. The van der Waals surface area contributed by atoms with E-state index in [2.05, 4.69) is 193 Å². The summed E-state index contributed by atoms with van der Waals surface area (Å²) in [7, 11) is 0. The largest absolute Gasteiger partial charge is 0.436 e. The van der Waals surface area contributed by atoms with Crippen LogP contribution in [0.5, 0.6) is 0 Å². The van der Waals surface area contributed by atoms with Gasteiger partial charge in [-0.05, 0) is 92.7 Å². The van der Waals surface area contributed by atoms with Gasteiger partial charge in [-0.15, -0.1) is 0 Å². The highest BCUT2D eigenvalue weighted by molar-refractivity contribution is 6.25. The molecular weight excluding hydrogens is 683 g/mol. The fraction of sp³-hybridized carbons (Fsp3) is 0. The molecule has 0 radical (unpaired) electrons. The van der Waals surface area contributed by atoms with Crippen LogP contribution in [0, 0.1) is 0 Å². The van der Waals surface area contributed by atoms with Crippen LogP contribution < -0.4 is 0 Å². The Hall–Kier alpha value is -7.56. The van der Waals surface area contributed by atoms with Gasteiger partial charge in [0, 0.05) is 32.6 Å². The Balaban J connectivity index is 1.06. The number of rotatable bonds is 4. The minimum atomic E-state index is 0.539. The lowest BCUT2D eigenvalue weighted by atomic mass is 9.93. The summed E-state index contributed by atoms with van der Waals surface area (Å²) in [6.07, 6.45) is 0. The molecule has 260 valence electrons. The van der Waals surface area contributed by atoms with Crippen LogP contribution in [0.4, 0.5) is 0 Å². The second-order valence-corrected chi connectivity index (χ2v) is 14.6. The highest BCUT2D eigenvalue weighted by atomic mass is 16.3. The second-order valence-electron chi connectivity index (χ2n) is 14.6. The minimum absolute atomic E-state index is 0.539. The first-order valence-corrected chi connectivity index (χ1v) is 19.0.